The quantitative estimate of drug-likeness (QED) is 0.532. The Morgan fingerprint density at radius 3 is 2.96 bits per heavy atom. The third-order valence-electron chi connectivity index (χ3n) is 3.41. The Morgan fingerprint density at radius 2 is 2.17 bits per heavy atom. The molecule has 0 spiro atoms. The van der Waals surface area contributed by atoms with Gasteiger partial charge in [0.2, 0.25) is 5.91 Å². The van der Waals surface area contributed by atoms with Crippen molar-refractivity contribution in [2.45, 2.75) is 18.4 Å². The van der Waals surface area contributed by atoms with Gasteiger partial charge >= 0.3 is 0 Å². The van der Waals surface area contributed by atoms with Crippen molar-refractivity contribution in [3.05, 3.63) is 41.5 Å². The van der Waals surface area contributed by atoms with Crippen LogP contribution in [0.5, 0.6) is 5.75 Å². The average Bonchev–Trinajstić information content (AvgIpc) is 3.04. The first kappa shape index (κ1) is 16.7. The number of benzene rings is 1. The molecule has 7 heteroatoms. The fraction of sp³-hybridized carbons (Fsp3) is 0.235. The molecular formula is C17H17N3O2S2. The normalized spacial score (nSPS) is 10.8. The van der Waals surface area contributed by atoms with Gasteiger partial charge in [-0.05, 0) is 24.6 Å². The van der Waals surface area contributed by atoms with Crippen LogP contribution in [-0.2, 0) is 11.2 Å². The van der Waals surface area contributed by atoms with Gasteiger partial charge in [-0.1, -0.05) is 30.8 Å². The number of carbonyl (C=O) groups is 1. The van der Waals surface area contributed by atoms with Gasteiger partial charge in [0.1, 0.15) is 21.9 Å². The number of para-hydroxylation sites is 2. The van der Waals surface area contributed by atoms with Crippen molar-refractivity contribution in [3.8, 4) is 5.75 Å². The third-order valence-corrected chi connectivity index (χ3v) is 5.61. The molecule has 2 aromatic heterocycles. The van der Waals surface area contributed by atoms with Crippen LogP contribution in [0.4, 0.5) is 5.69 Å². The molecular weight excluding hydrogens is 342 g/mol. The summed E-state index contributed by atoms with van der Waals surface area (Å²) >= 11 is 3.09. The molecule has 0 fully saturated rings. The number of hydrogen-bond acceptors (Lipinski definition) is 6. The summed E-state index contributed by atoms with van der Waals surface area (Å²) in [4.78, 5) is 23.1. The zero-order chi connectivity index (χ0) is 16.9. The lowest BCUT2D eigenvalue weighted by molar-refractivity contribution is -0.113. The largest absolute Gasteiger partial charge is 0.495 e. The lowest BCUT2D eigenvalue weighted by atomic mass is 10.3. The lowest BCUT2D eigenvalue weighted by Crippen LogP contribution is -2.14. The maximum Gasteiger partial charge on any atom is 0.234 e. The number of rotatable bonds is 6. The second kappa shape index (κ2) is 7.63. The monoisotopic (exact) mass is 359 g/mol. The standard InChI is InChI=1S/C17H17N3O2S2/c1-3-11-8-12-16(18-10-19-17(12)24-11)23-9-15(21)20-13-6-4-5-7-14(13)22-2/h4-8,10H,3,9H2,1-2H3,(H,20,21). The molecule has 0 radical (unpaired) electrons. The van der Waals surface area contributed by atoms with Crippen LogP contribution in [0.15, 0.2) is 41.7 Å². The van der Waals surface area contributed by atoms with Crippen LogP contribution in [0.2, 0.25) is 0 Å². The van der Waals surface area contributed by atoms with E-state index in [-0.39, 0.29) is 11.7 Å². The fourth-order valence-corrected chi connectivity index (χ4v) is 4.01. The summed E-state index contributed by atoms with van der Waals surface area (Å²) in [5.74, 6) is 0.828. The van der Waals surface area contributed by atoms with Crippen molar-refractivity contribution in [1.82, 2.24) is 9.97 Å². The van der Waals surface area contributed by atoms with E-state index >= 15 is 0 Å². The highest BCUT2D eigenvalue weighted by atomic mass is 32.2. The van der Waals surface area contributed by atoms with E-state index in [4.69, 9.17) is 4.74 Å². The zero-order valence-electron chi connectivity index (χ0n) is 13.4. The van der Waals surface area contributed by atoms with E-state index in [1.807, 2.05) is 24.3 Å². The summed E-state index contributed by atoms with van der Waals surface area (Å²) in [6.45, 7) is 2.12. The molecule has 0 atom stereocenters. The number of nitrogens with one attached hydrogen (secondary N) is 1. The minimum atomic E-state index is -0.0952. The number of anilines is 1. The van der Waals surface area contributed by atoms with E-state index in [0.29, 0.717) is 11.4 Å². The molecule has 0 aliphatic carbocycles. The minimum absolute atomic E-state index is 0.0952. The van der Waals surface area contributed by atoms with Gasteiger partial charge in [0.25, 0.3) is 0 Å². The molecule has 124 valence electrons. The molecule has 24 heavy (non-hydrogen) atoms. The molecule has 3 aromatic rings. The van der Waals surface area contributed by atoms with Crippen LogP contribution in [0.1, 0.15) is 11.8 Å². The van der Waals surface area contributed by atoms with Crippen LogP contribution in [0.3, 0.4) is 0 Å². The number of thiophene rings is 1. The molecule has 1 N–H and O–H groups in total. The number of aromatic nitrogens is 2. The fourth-order valence-electron chi connectivity index (χ4n) is 2.24. The van der Waals surface area contributed by atoms with E-state index in [2.05, 4.69) is 28.3 Å². The number of fused-ring (bicyclic) bond motifs is 1. The van der Waals surface area contributed by atoms with Crippen LogP contribution in [0, 0.1) is 0 Å². The first-order valence-corrected chi connectivity index (χ1v) is 9.30. The van der Waals surface area contributed by atoms with E-state index in [1.54, 1.807) is 24.8 Å². The Hall–Kier alpha value is -2.12. The van der Waals surface area contributed by atoms with Gasteiger partial charge < -0.3 is 10.1 Å². The van der Waals surface area contributed by atoms with Gasteiger partial charge in [-0.25, -0.2) is 9.97 Å². The molecule has 1 aromatic carbocycles. The van der Waals surface area contributed by atoms with Crippen molar-refractivity contribution < 1.29 is 9.53 Å². The van der Waals surface area contributed by atoms with Crippen molar-refractivity contribution in [2.24, 2.45) is 0 Å². The van der Waals surface area contributed by atoms with Crippen LogP contribution < -0.4 is 10.1 Å². The molecule has 0 unspecified atom stereocenters. The molecule has 1 amide bonds. The van der Waals surface area contributed by atoms with E-state index < -0.39 is 0 Å². The summed E-state index contributed by atoms with van der Waals surface area (Å²) in [6.07, 6.45) is 2.53. The molecule has 0 saturated carbocycles. The maximum absolute atomic E-state index is 12.2. The third kappa shape index (κ3) is 3.68. The van der Waals surface area contributed by atoms with E-state index in [9.17, 15) is 4.79 Å². The first-order valence-electron chi connectivity index (χ1n) is 7.50. The maximum atomic E-state index is 12.2. The summed E-state index contributed by atoms with van der Waals surface area (Å²) in [5, 5.41) is 4.73. The highest BCUT2D eigenvalue weighted by Crippen LogP contribution is 2.31. The SMILES string of the molecule is CCc1cc2c(SCC(=O)Nc3ccccc3OC)ncnc2s1. The van der Waals surface area contributed by atoms with Gasteiger partial charge in [0.05, 0.1) is 18.6 Å². The number of carbonyl (C=O) groups excluding carboxylic acids is 1. The minimum Gasteiger partial charge on any atom is -0.495 e. The van der Waals surface area contributed by atoms with Crippen molar-refractivity contribution in [1.29, 1.82) is 0 Å². The van der Waals surface area contributed by atoms with E-state index in [0.717, 1.165) is 21.7 Å². The second-order valence-corrected chi connectivity index (χ2v) is 7.08. The Bertz CT molecular complexity index is 864. The topological polar surface area (TPSA) is 64.1 Å². The Kier molecular flexibility index (Phi) is 5.32. The second-order valence-electron chi connectivity index (χ2n) is 5.00. The Morgan fingerprint density at radius 1 is 1.33 bits per heavy atom. The number of ether oxygens (including phenoxy) is 1. The molecule has 3 rings (SSSR count). The summed E-state index contributed by atoms with van der Waals surface area (Å²) in [7, 11) is 1.58. The number of methoxy groups -OCH3 is 1. The Balaban J connectivity index is 1.69. The number of nitrogens with zero attached hydrogens (tertiary/aromatic N) is 2. The van der Waals surface area contributed by atoms with Crippen molar-refractivity contribution in [3.63, 3.8) is 0 Å². The Labute approximate surface area is 148 Å². The molecule has 2 heterocycles. The van der Waals surface area contributed by atoms with Crippen LogP contribution >= 0.6 is 23.1 Å². The zero-order valence-corrected chi connectivity index (χ0v) is 15.0. The number of thioether (sulfide) groups is 1. The predicted octanol–water partition coefficient (Wildman–Crippen LogP) is 3.99. The molecule has 0 saturated heterocycles. The van der Waals surface area contributed by atoms with Crippen LogP contribution in [-0.4, -0.2) is 28.7 Å². The first-order chi connectivity index (χ1) is 11.7. The summed E-state index contributed by atoms with van der Waals surface area (Å²) in [5.41, 5.74) is 0.669. The lowest BCUT2D eigenvalue weighted by Gasteiger charge is -2.09. The predicted molar refractivity (Wildman–Crippen MR) is 99.1 cm³/mol. The molecule has 5 nitrogen and oxygen atoms in total. The van der Waals surface area contributed by atoms with Crippen molar-refractivity contribution in [2.75, 3.05) is 18.2 Å². The molecule has 0 aliphatic rings. The smallest absolute Gasteiger partial charge is 0.234 e. The highest BCUT2D eigenvalue weighted by molar-refractivity contribution is 8.00. The van der Waals surface area contributed by atoms with E-state index in [1.165, 1.54) is 16.6 Å². The van der Waals surface area contributed by atoms with Gasteiger partial charge in [-0.15, -0.1) is 11.3 Å². The summed E-state index contributed by atoms with van der Waals surface area (Å²) < 4.78 is 5.24. The highest BCUT2D eigenvalue weighted by Gasteiger charge is 2.12. The molecule has 0 aliphatic heterocycles. The van der Waals surface area contributed by atoms with Gasteiger partial charge in [0, 0.05) is 10.3 Å². The molecule has 0 bridgehead atoms. The van der Waals surface area contributed by atoms with Gasteiger partial charge in [-0.3, -0.25) is 4.79 Å². The average molecular weight is 359 g/mol. The summed E-state index contributed by atoms with van der Waals surface area (Å²) in [6, 6.07) is 9.46. The van der Waals surface area contributed by atoms with Crippen molar-refractivity contribution >= 4 is 44.9 Å². The number of amides is 1. The number of hydrogen-bond donors (Lipinski definition) is 1. The van der Waals surface area contributed by atoms with Crippen LogP contribution in [0.25, 0.3) is 10.2 Å². The number of aryl methyl sites for hydroxylation is 1. The van der Waals surface area contributed by atoms with Gasteiger partial charge in [0.15, 0.2) is 0 Å². The van der Waals surface area contributed by atoms with Gasteiger partial charge in [-0.2, -0.15) is 0 Å².